The molecule has 3 aromatic heterocycles. The predicted molar refractivity (Wildman–Crippen MR) is 110 cm³/mol. The van der Waals surface area contributed by atoms with Gasteiger partial charge in [0.05, 0.1) is 5.52 Å². The molecular formula is C22H21N5O2. The molecule has 0 bridgehead atoms. The maximum absolute atomic E-state index is 11.6. The molecule has 29 heavy (non-hydrogen) atoms. The smallest absolute Gasteiger partial charge is 0.220 e. The maximum Gasteiger partial charge on any atom is 0.220 e. The van der Waals surface area contributed by atoms with Gasteiger partial charge in [-0.25, -0.2) is 0 Å². The van der Waals surface area contributed by atoms with Crippen LogP contribution in [0.5, 0.6) is 5.75 Å². The summed E-state index contributed by atoms with van der Waals surface area (Å²) in [6.45, 7) is 4.60. The van der Waals surface area contributed by atoms with Crippen LogP contribution in [-0.4, -0.2) is 38.1 Å². The van der Waals surface area contributed by atoms with E-state index in [2.05, 4.69) is 26.6 Å². The van der Waals surface area contributed by atoms with Crippen molar-refractivity contribution in [2.24, 2.45) is 5.92 Å². The van der Waals surface area contributed by atoms with Gasteiger partial charge in [-0.3, -0.25) is 14.2 Å². The highest BCUT2D eigenvalue weighted by Gasteiger charge is 2.28. The molecule has 0 saturated carbocycles. The normalized spacial score (nSPS) is 17.6. The monoisotopic (exact) mass is 387 g/mol. The Morgan fingerprint density at radius 1 is 1.21 bits per heavy atom. The Bertz CT molecular complexity index is 1230. The Hall–Kier alpha value is -3.48. The van der Waals surface area contributed by atoms with Gasteiger partial charge >= 0.3 is 0 Å². The fraction of sp³-hybridized carbons (Fsp3) is 0.273. The summed E-state index contributed by atoms with van der Waals surface area (Å²) in [5.41, 5.74) is 3.72. The molecule has 7 nitrogen and oxygen atoms in total. The minimum atomic E-state index is -0.0878. The van der Waals surface area contributed by atoms with E-state index in [1.807, 2.05) is 54.8 Å². The van der Waals surface area contributed by atoms with Crippen molar-refractivity contribution >= 4 is 22.5 Å². The number of amides is 1. The molecule has 1 saturated heterocycles. The summed E-state index contributed by atoms with van der Waals surface area (Å²) < 4.78 is 8.32. The largest absolute Gasteiger partial charge is 0.490 e. The highest BCUT2D eigenvalue weighted by Crippen LogP contribution is 2.33. The molecule has 4 heterocycles. The van der Waals surface area contributed by atoms with E-state index in [1.165, 1.54) is 0 Å². The number of benzene rings is 1. The van der Waals surface area contributed by atoms with Crippen LogP contribution in [0.1, 0.15) is 19.2 Å². The molecule has 0 radical (unpaired) electrons. The first-order valence-electron chi connectivity index (χ1n) is 9.72. The molecule has 1 aromatic carbocycles. The minimum absolute atomic E-state index is 0.0864. The summed E-state index contributed by atoms with van der Waals surface area (Å²) in [6, 6.07) is 12.0. The van der Waals surface area contributed by atoms with Crippen LogP contribution >= 0.6 is 0 Å². The fourth-order valence-corrected chi connectivity index (χ4v) is 3.84. The van der Waals surface area contributed by atoms with Gasteiger partial charge in [0.25, 0.3) is 0 Å². The van der Waals surface area contributed by atoms with Crippen molar-refractivity contribution in [1.82, 2.24) is 24.9 Å². The number of rotatable bonds is 4. The molecule has 1 fully saturated rings. The van der Waals surface area contributed by atoms with Gasteiger partial charge in [0, 0.05) is 36.7 Å². The van der Waals surface area contributed by atoms with Crippen LogP contribution in [0.25, 0.3) is 27.7 Å². The van der Waals surface area contributed by atoms with Crippen molar-refractivity contribution in [3.63, 3.8) is 0 Å². The Labute approximate surface area is 167 Å². The van der Waals surface area contributed by atoms with Gasteiger partial charge in [-0.1, -0.05) is 0 Å². The van der Waals surface area contributed by atoms with E-state index in [4.69, 9.17) is 4.74 Å². The first kappa shape index (κ1) is 17.6. The Morgan fingerprint density at radius 2 is 2.10 bits per heavy atom. The molecule has 0 aliphatic carbocycles. The third-order valence-corrected chi connectivity index (χ3v) is 5.57. The quantitative estimate of drug-likeness (QED) is 0.582. The summed E-state index contributed by atoms with van der Waals surface area (Å²) in [6.07, 6.45) is 4.23. The first-order valence-corrected chi connectivity index (χ1v) is 9.72. The van der Waals surface area contributed by atoms with Crippen LogP contribution in [0.4, 0.5) is 0 Å². The second-order valence-electron chi connectivity index (χ2n) is 7.53. The molecule has 1 amide bonds. The van der Waals surface area contributed by atoms with E-state index >= 15 is 0 Å². The summed E-state index contributed by atoms with van der Waals surface area (Å²) in [5, 5.41) is 12.1. The lowest BCUT2D eigenvalue weighted by molar-refractivity contribution is -0.119. The van der Waals surface area contributed by atoms with Gasteiger partial charge in [-0.05, 0) is 61.4 Å². The van der Waals surface area contributed by atoms with Crippen LogP contribution in [-0.2, 0) is 4.79 Å². The van der Waals surface area contributed by atoms with Crippen LogP contribution in [0.2, 0.25) is 0 Å². The summed E-state index contributed by atoms with van der Waals surface area (Å²) in [5.74, 6) is 1.86. The number of carbonyl (C=O) groups is 1. The maximum atomic E-state index is 11.6. The van der Waals surface area contributed by atoms with Gasteiger partial charge in [0.15, 0.2) is 5.65 Å². The van der Waals surface area contributed by atoms with Crippen LogP contribution in [0.3, 0.4) is 0 Å². The fourth-order valence-electron chi connectivity index (χ4n) is 3.84. The van der Waals surface area contributed by atoms with Crippen molar-refractivity contribution in [3.05, 3.63) is 54.6 Å². The van der Waals surface area contributed by atoms with Crippen molar-refractivity contribution < 1.29 is 9.53 Å². The lowest BCUT2D eigenvalue weighted by Gasteiger charge is -2.21. The number of fused-ring (bicyclic) bond motifs is 2. The number of ether oxygens (including phenoxy) is 1. The van der Waals surface area contributed by atoms with Crippen LogP contribution < -0.4 is 10.1 Å². The number of aromatic nitrogens is 4. The highest BCUT2D eigenvalue weighted by molar-refractivity contribution is 5.90. The average molecular weight is 387 g/mol. The van der Waals surface area contributed by atoms with Crippen LogP contribution in [0.15, 0.2) is 48.8 Å². The molecule has 4 aromatic rings. The van der Waals surface area contributed by atoms with Gasteiger partial charge in [-0.15, -0.1) is 10.2 Å². The zero-order valence-electron chi connectivity index (χ0n) is 16.3. The SMILES string of the molecule is Cc1nnc2ccc(-c3cc(O[C@H](C)[C@H]4CNC(=O)C4)c4cccnc4c3)cn12. The van der Waals surface area contributed by atoms with Crippen molar-refractivity contribution in [2.75, 3.05) is 6.54 Å². The molecule has 1 aliphatic rings. The summed E-state index contributed by atoms with van der Waals surface area (Å²) in [4.78, 5) is 16.1. The van der Waals surface area contributed by atoms with Crippen molar-refractivity contribution in [2.45, 2.75) is 26.4 Å². The molecule has 1 N–H and O–H groups in total. The first-order chi connectivity index (χ1) is 14.1. The van der Waals surface area contributed by atoms with E-state index in [9.17, 15) is 4.79 Å². The van der Waals surface area contributed by atoms with Crippen LogP contribution in [0, 0.1) is 12.8 Å². The highest BCUT2D eigenvalue weighted by atomic mass is 16.5. The average Bonchev–Trinajstić information content (AvgIpc) is 3.33. The van der Waals surface area contributed by atoms with Crippen molar-refractivity contribution in [1.29, 1.82) is 0 Å². The number of pyridine rings is 2. The zero-order valence-corrected chi connectivity index (χ0v) is 16.3. The minimum Gasteiger partial charge on any atom is -0.490 e. The van der Waals surface area contributed by atoms with E-state index in [1.54, 1.807) is 6.20 Å². The molecule has 1 aliphatic heterocycles. The standard InChI is InChI=1S/C22H21N5O2/c1-13(17-10-22(28)24-11-17)29-20-9-16(8-19-18(20)4-3-7-23-19)15-5-6-21-26-25-14(2)27(21)12-15/h3-9,12-13,17H,10-11H2,1-2H3,(H,24,28)/t13-,17-/m1/s1. The third-order valence-electron chi connectivity index (χ3n) is 5.57. The van der Waals surface area contributed by atoms with E-state index < -0.39 is 0 Å². The lowest BCUT2D eigenvalue weighted by atomic mass is 10.0. The summed E-state index contributed by atoms with van der Waals surface area (Å²) in [7, 11) is 0. The van der Waals surface area contributed by atoms with Gasteiger partial charge in [-0.2, -0.15) is 0 Å². The number of hydrogen-bond acceptors (Lipinski definition) is 5. The number of carbonyl (C=O) groups excluding carboxylic acids is 1. The molecule has 146 valence electrons. The number of nitrogens with one attached hydrogen (secondary N) is 1. The van der Waals surface area contributed by atoms with Gasteiger partial charge in [0.1, 0.15) is 17.7 Å². The molecular weight excluding hydrogens is 366 g/mol. The second-order valence-corrected chi connectivity index (χ2v) is 7.53. The van der Waals surface area contributed by atoms with Gasteiger partial charge in [0.2, 0.25) is 5.91 Å². The van der Waals surface area contributed by atoms with E-state index in [-0.39, 0.29) is 17.9 Å². The van der Waals surface area contributed by atoms with Gasteiger partial charge < -0.3 is 10.1 Å². The Kier molecular flexibility index (Phi) is 4.16. The second kappa shape index (κ2) is 6.84. The molecule has 0 spiro atoms. The topological polar surface area (TPSA) is 81.4 Å². The van der Waals surface area contributed by atoms with Crippen molar-refractivity contribution in [3.8, 4) is 16.9 Å². The number of nitrogens with zero attached hydrogens (tertiary/aromatic N) is 4. The lowest BCUT2D eigenvalue weighted by Crippen LogP contribution is -2.25. The van der Waals surface area contributed by atoms with E-state index in [0.29, 0.717) is 13.0 Å². The summed E-state index contributed by atoms with van der Waals surface area (Å²) >= 11 is 0. The number of hydrogen-bond donors (Lipinski definition) is 1. The zero-order chi connectivity index (χ0) is 20.0. The molecule has 7 heteroatoms. The molecule has 0 unspecified atom stereocenters. The molecule has 2 atom stereocenters. The predicted octanol–water partition coefficient (Wildman–Crippen LogP) is 3.16. The Morgan fingerprint density at radius 3 is 2.93 bits per heavy atom. The van der Waals surface area contributed by atoms with E-state index in [0.717, 1.165) is 39.3 Å². The molecule has 5 rings (SSSR count). The number of aryl methyl sites for hydroxylation is 1. The Balaban J connectivity index is 1.57. The third kappa shape index (κ3) is 3.18.